The van der Waals surface area contributed by atoms with Crippen molar-refractivity contribution in [2.75, 3.05) is 24.3 Å². The number of rotatable bonds is 6. The van der Waals surface area contributed by atoms with Crippen molar-refractivity contribution in [2.24, 2.45) is 5.14 Å². The quantitative estimate of drug-likeness (QED) is 0.587. The number of nitrogens with zero attached hydrogens (tertiary/aromatic N) is 2. The number of ether oxygens (including phenoxy) is 2. The summed E-state index contributed by atoms with van der Waals surface area (Å²) < 4.78 is 13.5. The van der Waals surface area contributed by atoms with Gasteiger partial charge in [0.15, 0.2) is 11.5 Å². The summed E-state index contributed by atoms with van der Waals surface area (Å²) in [4.78, 5) is 8.98. The van der Waals surface area contributed by atoms with Gasteiger partial charge >= 0.3 is 0 Å². The zero-order valence-corrected chi connectivity index (χ0v) is 14.1. The second-order valence-corrected chi connectivity index (χ2v) is 5.31. The molecule has 3 rings (SSSR count). The van der Waals surface area contributed by atoms with Crippen LogP contribution in [0.1, 0.15) is 0 Å². The first-order chi connectivity index (χ1) is 11.7. The molecule has 0 amide bonds. The highest BCUT2D eigenvalue weighted by Crippen LogP contribution is 2.31. The fourth-order valence-corrected chi connectivity index (χ4v) is 2.51. The summed E-state index contributed by atoms with van der Waals surface area (Å²) in [5.74, 6) is 1.88. The number of nitrogens with two attached hydrogens (primary N) is 1. The Hall–Kier alpha value is -2.71. The molecule has 1 heterocycles. The summed E-state index contributed by atoms with van der Waals surface area (Å²) in [6.07, 6.45) is 1.68. The van der Waals surface area contributed by atoms with Gasteiger partial charge in [0.1, 0.15) is 5.82 Å². The number of anilines is 3. The minimum atomic E-state index is 0.617. The van der Waals surface area contributed by atoms with Crippen LogP contribution in [0.3, 0.4) is 0 Å². The van der Waals surface area contributed by atoms with Gasteiger partial charge < -0.3 is 19.5 Å². The molecule has 0 fully saturated rings. The first-order valence-corrected chi connectivity index (χ1v) is 7.99. The van der Waals surface area contributed by atoms with Crippen LogP contribution in [0, 0.1) is 0 Å². The van der Waals surface area contributed by atoms with E-state index in [1.54, 1.807) is 32.5 Å². The number of methoxy groups -OCH3 is 2. The third kappa shape index (κ3) is 3.44. The molecule has 0 bridgehead atoms. The van der Waals surface area contributed by atoms with Crippen LogP contribution < -0.4 is 24.7 Å². The van der Waals surface area contributed by atoms with Crippen molar-refractivity contribution in [3.05, 3.63) is 42.6 Å². The molecule has 0 atom stereocenters. The van der Waals surface area contributed by atoms with Crippen LogP contribution in [0.5, 0.6) is 11.5 Å². The molecule has 4 N–H and O–H groups in total. The summed E-state index contributed by atoms with van der Waals surface area (Å²) in [5.41, 5.74) is 3.28. The van der Waals surface area contributed by atoms with Crippen molar-refractivity contribution in [3.8, 4) is 11.5 Å². The fraction of sp³-hybridized carbons (Fsp3) is 0.125. The van der Waals surface area contributed by atoms with Gasteiger partial charge in [-0.15, -0.1) is 0 Å². The molecule has 0 aliphatic carbocycles. The Labute approximate surface area is 143 Å². The molecule has 124 valence electrons. The average Bonchev–Trinajstić information content (AvgIpc) is 2.62. The van der Waals surface area contributed by atoms with Gasteiger partial charge in [-0.3, -0.25) is 10.1 Å². The Morgan fingerprint density at radius 3 is 2.21 bits per heavy atom. The number of hydrogen-bond donors (Lipinski definition) is 3. The van der Waals surface area contributed by atoms with E-state index in [2.05, 4.69) is 20.0 Å². The van der Waals surface area contributed by atoms with E-state index < -0.39 is 0 Å². The predicted molar refractivity (Wildman–Crippen MR) is 97.8 cm³/mol. The molecule has 7 nitrogen and oxygen atoms in total. The lowest BCUT2D eigenvalue weighted by atomic mass is 10.2. The lowest BCUT2D eigenvalue weighted by molar-refractivity contribution is 0.355. The minimum Gasteiger partial charge on any atom is -0.493 e. The average molecular weight is 343 g/mol. The zero-order chi connectivity index (χ0) is 16.9. The van der Waals surface area contributed by atoms with Gasteiger partial charge in [-0.1, -0.05) is 0 Å². The number of fused-ring (bicyclic) bond motifs is 1. The highest BCUT2D eigenvalue weighted by atomic mass is 32.2. The third-order valence-electron chi connectivity index (χ3n) is 3.38. The van der Waals surface area contributed by atoms with Crippen LogP contribution in [0.2, 0.25) is 0 Å². The highest BCUT2D eigenvalue weighted by Gasteiger charge is 2.08. The Balaban J connectivity index is 1.87. The molecule has 0 aliphatic heterocycles. The zero-order valence-electron chi connectivity index (χ0n) is 13.2. The normalized spacial score (nSPS) is 10.5. The van der Waals surface area contributed by atoms with E-state index >= 15 is 0 Å². The number of hydrogen-bond acceptors (Lipinski definition) is 8. The molecule has 0 spiro atoms. The van der Waals surface area contributed by atoms with Crippen LogP contribution in [-0.4, -0.2) is 24.2 Å². The predicted octanol–water partition coefficient (Wildman–Crippen LogP) is 3.32. The van der Waals surface area contributed by atoms with Crippen molar-refractivity contribution in [3.63, 3.8) is 0 Å². The van der Waals surface area contributed by atoms with Crippen LogP contribution in [-0.2, 0) is 0 Å². The number of aromatic nitrogens is 2. The molecule has 1 aromatic heterocycles. The maximum absolute atomic E-state index is 5.37. The van der Waals surface area contributed by atoms with E-state index in [-0.39, 0.29) is 0 Å². The maximum Gasteiger partial charge on any atom is 0.163 e. The first kappa shape index (κ1) is 16.2. The van der Waals surface area contributed by atoms with Gasteiger partial charge in [0.2, 0.25) is 0 Å². The van der Waals surface area contributed by atoms with Gasteiger partial charge in [-0.25, -0.2) is 4.98 Å². The van der Waals surface area contributed by atoms with Gasteiger partial charge in [-0.05, 0) is 24.3 Å². The summed E-state index contributed by atoms with van der Waals surface area (Å²) in [6.45, 7) is 0. The lowest BCUT2D eigenvalue weighted by Crippen LogP contribution is -1.97. The van der Waals surface area contributed by atoms with Gasteiger partial charge in [0, 0.05) is 35.6 Å². The maximum atomic E-state index is 5.37. The van der Waals surface area contributed by atoms with Crippen LogP contribution >= 0.6 is 12.1 Å². The Kier molecular flexibility index (Phi) is 4.88. The first-order valence-electron chi connectivity index (χ1n) is 7.11. The molecule has 0 unspecified atom stereocenters. The largest absolute Gasteiger partial charge is 0.493 e. The highest BCUT2D eigenvalue weighted by molar-refractivity contribution is 7.98. The molecule has 24 heavy (non-hydrogen) atoms. The lowest BCUT2D eigenvalue weighted by Gasteiger charge is -2.10. The van der Waals surface area contributed by atoms with E-state index in [4.69, 9.17) is 14.6 Å². The SMILES string of the molecule is COc1cc2ncc(Nc3ccc(NSN)cc3)nc2cc1OC. The van der Waals surface area contributed by atoms with E-state index in [1.165, 1.54) is 0 Å². The molecular formula is C16H17N5O2S. The summed E-state index contributed by atoms with van der Waals surface area (Å²) in [7, 11) is 3.18. The third-order valence-corrected chi connectivity index (χ3v) is 3.74. The fourth-order valence-electron chi connectivity index (χ4n) is 2.24. The molecule has 0 radical (unpaired) electrons. The van der Waals surface area contributed by atoms with Crippen molar-refractivity contribution in [1.82, 2.24) is 9.97 Å². The van der Waals surface area contributed by atoms with E-state index in [9.17, 15) is 0 Å². The number of nitrogens with one attached hydrogen (secondary N) is 2. The topological polar surface area (TPSA) is 94.3 Å². The van der Waals surface area contributed by atoms with Crippen molar-refractivity contribution in [1.29, 1.82) is 0 Å². The Bertz CT molecular complexity index is 842. The molecule has 2 aromatic carbocycles. The Morgan fingerprint density at radius 2 is 1.58 bits per heavy atom. The molecule has 8 heteroatoms. The van der Waals surface area contributed by atoms with Crippen LogP contribution in [0.4, 0.5) is 17.2 Å². The van der Waals surface area contributed by atoms with E-state index in [0.29, 0.717) is 17.3 Å². The minimum absolute atomic E-state index is 0.617. The Morgan fingerprint density at radius 1 is 0.958 bits per heavy atom. The number of benzene rings is 2. The van der Waals surface area contributed by atoms with Crippen LogP contribution in [0.15, 0.2) is 42.6 Å². The van der Waals surface area contributed by atoms with E-state index in [1.807, 2.05) is 24.3 Å². The van der Waals surface area contributed by atoms with Crippen molar-refractivity contribution in [2.45, 2.75) is 0 Å². The molecule has 0 aliphatic rings. The summed E-state index contributed by atoms with van der Waals surface area (Å²) in [5, 5.41) is 8.59. The van der Waals surface area contributed by atoms with Gasteiger partial charge in [0.05, 0.1) is 31.4 Å². The summed E-state index contributed by atoms with van der Waals surface area (Å²) >= 11 is 1.06. The summed E-state index contributed by atoms with van der Waals surface area (Å²) in [6, 6.07) is 11.3. The second-order valence-electron chi connectivity index (χ2n) is 4.87. The molecule has 0 saturated heterocycles. The van der Waals surface area contributed by atoms with Crippen molar-refractivity contribution < 1.29 is 9.47 Å². The standard InChI is InChI=1S/C16H17N5O2S/c1-22-14-7-12-13(8-15(14)23-2)20-16(9-18-12)19-10-3-5-11(6-4-10)21-24-17/h3-9,21H,17H2,1-2H3,(H,19,20). The monoisotopic (exact) mass is 343 g/mol. The van der Waals surface area contributed by atoms with Gasteiger partial charge in [-0.2, -0.15) is 0 Å². The molecule has 3 aromatic rings. The van der Waals surface area contributed by atoms with Crippen LogP contribution in [0.25, 0.3) is 11.0 Å². The van der Waals surface area contributed by atoms with Gasteiger partial charge in [0.25, 0.3) is 0 Å². The smallest absolute Gasteiger partial charge is 0.163 e. The molecular weight excluding hydrogens is 326 g/mol. The van der Waals surface area contributed by atoms with E-state index in [0.717, 1.165) is 34.5 Å². The molecule has 0 saturated carbocycles. The van der Waals surface area contributed by atoms with Crippen molar-refractivity contribution >= 4 is 40.4 Å². The second kappa shape index (κ2) is 7.24.